The van der Waals surface area contributed by atoms with Gasteiger partial charge in [0.1, 0.15) is 5.60 Å². The highest BCUT2D eigenvalue weighted by Crippen LogP contribution is 2.41. The van der Waals surface area contributed by atoms with Crippen molar-refractivity contribution in [1.82, 2.24) is 5.32 Å². The van der Waals surface area contributed by atoms with Gasteiger partial charge < -0.3 is 19.9 Å². The molecule has 0 heterocycles. The predicted molar refractivity (Wildman–Crippen MR) is 103 cm³/mol. The fourth-order valence-corrected chi connectivity index (χ4v) is 4.15. The molecule has 0 unspecified atom stereocenters. The monoisotopic (exact) mass is 377 g/mol. The maximum atomic E-state index is 12.8. The minimum atomic E-state index is -1.44. The molecule has 27 heavy (non-hydrogen) atoms. The van der Waals surface area contributed by atoms with E-state index in [1.165, 1.54) is 14.2 Å². The van der Waals surface area contributed by atoms with Crippen LogP contribution >= 0.6 is 0 Å². The fraction of sp³-hybridized carbons (Fsp3) is 0.619. The Labute approximate surface area is 161 Å². The molecule has 3 atom stereocenters. The zero-order valence-electron chi connectivity index (χ0n) is 16.9. The van der Waals surface area contributed by atoms with Gasteiger partial charge in [0.05, 0.1) is 26.3 Å². The van der Waals surface area contributed by atoms with Crippen molar-refractivity contribution in [3.05, 3.63) is 23.8 Å². The molecule has 0 radical (unpaired) electrons. The minimum Gasteiger partial charge on any atom is -0.493 e. The smallest absolute Gasteiger partial charge is 0.252 e. The summed E-state index contributed by atoms with van der Waals surface area (Å²) in [7, 11) is 2.96. The molecule has 2 rings (SSSR count). The fourth-order valence-electron chi connectivity index (χ4n) is 4.15. The first kappa shape index (κ1) is 21.2. The van der Waals surface area contributed by atoms with E-state index in [9.17, 15) is 14.7 Å². The van der Waals surface area contributed by atoms with Gasteiger partial charge in [-0.15, -0.1) is 0 Å². The van der Waals surface area contributed by atoms with Crippen LogP contribution in [0.25, 0.3) is 0 Å². The number of amides is 1. The highest BCUT2D eigenvalue weighted by Gasteiger charge is 2.48. The molecule has 1 saturated carbocycles. The number of carbonyl (C=O) groups is 2. The van der Waals surface area contributed by atoms with E-state index in [4.69, 9.17) is 9.47 Å². The van der Waals surface area contributed by atoms with E-state index < -0.39 is 11.5 Å². The standard InChI is InChI=1S/C21H31NO5/c1-13(2)16-10-9-14(3)11-21(16,25)20(24)22-12-17(23)15-7-6-8-18(26-4)19(15)27-5/h6-8,13-14,16,25H,9-12H2,1-5H3,(H,22,24)/t14-,16+,21+/m1/s1. The molecule has 1 aliphatic carbocycles. The molecule has 1 aromatic carbocycles. The predicted octanol–water partition coefficient (Wildman–Crippen LogP) is 2.83. The summed E-state index contributed by atoms with van der Waals surface area (Å²) < 4.78 is 10.5. The van der Waals surface area contributed by atoms with Crippen LogP contribution in [0.15, 0.2) is 18.2 Å². The van der Waals surface area contributed by atoms with E-state index in [-0.39, 0.29) is 30.1 Å². The maximum Gasteiger partial charge on any atom is 0.252 e. The SMILES string of the molecule is COc1cccc(C(=O)CNC(=O)[C@]2(O)C[C@H](C)CC[C@H]2C(C)C)c1OC. The second-order valence-electron chi connectivity index (χ2n) is 7.81. The van der Waals surface area contributed by atoms with Gasteiger partial charge in [-0.05, 0) is 42.7 Å². The van der Waals surface area contributed by atoms with Crippen LogP contribution in [0.1, 0.15) is 50.4 Å². The zero-order chi connectivity index (χ0) is 20.2. The van der Waals surface area contributed by atoms with Crippen molar-refractivity contribution in [2.75, 3.05) is 20.8 Å². The Morgan fingerprint density at radius 2 is 1.96 bits per heavy atom. The highest BCUT2D eigenvalue weighted by atomic mass is 16.5. The van der Waals surface area contributed by atoms with Crippen LogP contribution in [0.4, 0.5) is 0 Å². The van der Waals surface area contributed by atoms with Crippen molar-refractivity contribution < 1.29 is 24.2 Å². The summed E-state index contributed by atoms with van der Waals surface area (Å²) in [4.78, 5) is 25.5. The molecule has 1 aromatic rings. The van der Waals surface area contributed by atoms with Gasteiger partial charge in [0.15, 0.2) is 17.3 Å². The largest absolute Gasteiger partial charge is 0.493 e. The first-order chi connectivity index (χ1) is 12.7. The van der Waals surface area contributed by atoms with Crippen LogP contribution in [0.5, 0.6) is 11.5 Å². The number of nitrogens with one attached hydrogen (secondary N) is 1. The molecule has 1 aliphatic rings. The van der Waals surface area contributed by atoms with Crippen LogP contribution < -0.4 is 14.8 Å². The third kappa shape index (κ3) is 4.43. The van der Waals surface area contributed by atoms with Crippen molar-refractivity contribution in [3.8, 4) is 11.5 Å². The lowest BCUT2D eigenvalue weighted by molar-refractivity contribution is -0.155. The number of aliphatic hydroxyl groups is 1. The minimum absolute atomic E-state index is 0.116. The van der Waals surface area contributed by atoms with Gasteiger partial charge >= 0.3 is 0 Å². The number of Topliss-reactive ketones (excluding diaryl/α,β-unsaturated/α-hetero) is 1. The topological polar surface area (TPSA) is 84.9 Å². The summed E-state index contributed by atoms with van der Waals surface area (Å²) in [5.74, 6) is 0.358. The van der Waals surface area contributed by atoms with Gasteiger partial charge in [-0.3, -0.25) is 9.59 Å². The summed E-state index contributed by atoms with van der Waals surface area (Å²) in [6.07, 6.45) is 2.22. The van der Waals surface area contributed by atoms with Crippen molar-refractivity contribution in [1.29, 1.82) is 0 Å². The van der Waals surface area contributed by atoms with Crippen molar-refractivity contribution in [2.45, 2.75) is 45.6 Å². The molecule has 6 heteroatoms. The lowest BCUT2D eigenvalue weighted by Gasteiger charge is -2.43. The molecule has 0 spiro atoms. The van der Waals surface area contributed by atoms with E-state index in [1.807, 2.05) is 20.8 Å². The number of para-hydroxylation sites is 1. The first-order valence-corrected chi connectivity index (χ1v) is 9.49. The number of carbonyl (C=O) groups excluding carboxylic acids is 2. The second-order valence-corrected chi connectivity index (χ2v) is 7.81. The molecule has 0 bridgehead atoms. The van der Waals surface area contributed by atoms with E-state index in [0.717, 1.165) is 12.8 Å². The molecule has 6 nitrogen and oxygen atoms in total. The lowest BCUT2D eigenvalue weighted by atomic mass is 9.66. The van der Waals surface area contributed by atoms with Gasteiger partial charge in [-0.1, -0.05) is 33.3 Å². The third-order valence-electron chi connectivity index (χ3n) is 5.55. The van der Waals surface area contributed by atoms with Gasteiger partial charge in [-0.25, -0.2) is 0 Å². The van der Waals surface area contributed by atoms with Crippen LogP contribution in [0.3, 0.4) is 0 Å². The Morgan fingerprint density at radius 1 is 1.26 bits per heavy atom. The number of ether oxygens (including phenoxy) is 2. The van der Waals surface area contributed by atoms with Gasteiger partial charge in [0, 0.05) is 0 Å². The maximum absolute atomic E-state index is 12.8. The van der Waals surface area contributed by atoms with Crippen LogP contribution in [-0.4, -0.2) is 43.2 Å². The number of methoxy groups -OCH3 is 2. The summed E-state index contributed by atoms with van der Waals surface area (Å²) in [6.45, 7) is 5.88. The summed E-state index contributed by atoms with van der Waals surface area (Å²) in [5, 5.41) is 13.8. The molecular formula is C21H31NO5. The van der Waals surface area contributed by atoms with Crippen molar-refractivity contribution >= 4 is 11.7 Å². The quantitative estimate of drug-likeness (QED) is 0.714. The normalized spacial score (nSPS) is 25.1. The Balaban J connectivity index is 2.13. The third-order valence-corrected chi connectivity index (χ3v) is 5.55. The van der Waals surface area contributed by atoms with Crippen LogP contribution in [0, 0.1) is 17.8 Å². The Hall–Kier alpha value is -2.08. The molecule has 0 aromatic heterocycles. The molecule has 0 saturated heterocycles. The van der Waals surface area contributed by atoms with Crippen molar-refractivity contribution in [3.63, 3.8) is 0 Å². The molecule has 150 valence electrons. The number of rotatable bonds is 7. The molecular weight excluding hydrogens is 346 g/mol. The Bertz CT molecular complexity index is 687. The Morgan fingerprint density at radius 3 is 2.56 bits per heavy atom. The second kappa shape index (κ2) is 8.74. The Kier molecular flexibility index (Phi) is 6.87. The average molecular weight is 377 g/mol. The molecule has 1 fully saturated rings. The van der Waals surface area contributed by atoms with Crippen molar-refractivity contribution in [2.24, 2.45) is 17.8 Å². The van der Waals surface area contributed by atoms with Gasteiger partial charge in [-0.2, -0.15) is 0 Å². The summed E-state index contributed by atoms with van der Waals surface area (Å²) in [5.41, 5.74) is -1.11. The highest BCUT2D eigenvalue weighted by molar-refractivity contribution is 6.02. The lowest BCUT2D eigenvalue weighted by Crippen LogP contribution is -2.57. The van der Waals surface area contributed by atoms with Gasteiger partial charge in [0.25, 0.3) is 5.91 Å². The summed E-state index contributed by atoms with van der Waals surface area (Å²) in [6, 6.07) is 5.03. The van der Waals surface area contributed by atoms with Crippen LogP contribution in [0.2, 0.25) is 0 Å². The van der Waals surface area contributed by atoms with Gasteiger partial charge in [0.2, 0.25) is 0 Å². The van der Waals surface area contributed by atoms with E-state index >= 15 is 0 Å². The molecule has 2 N–H and O–H groups in total. The first-order valence-electron chi connectivity index (χ1n) is 9.49. The number of benzene rings is 1. The number of hydrogen-bond donors (Lipinski definition) is 2. The zero-order valence-corrected chi connectivity index (χ0v) is 16.9. The number of hydrogen-bond acceptors (Lipinski definition) is 5. The molecule has 1 amide bonds. The van der Waals surface area contributed by atoms with E-state index in [2.05, 4.69) is 5.32 Å². The average Bonchev–Trinajstić information content (AvgIpc) is 2.64. The summed E-state index contributed by atoms with van der Waals surface area (Å²) >= 11 is 0. The number of ketones is 1. The van der Waals surface area contributed by atoms with E-state index in [1.54, 1.807) is 18.2 Å². The van der Waals surface area contributed by atoms with Crippen LogP contribution in [-0.2, 0) is 4.79 Å². The molecule has 0 aliphatic heterocycles. The van der Waals surface area contributed by atoms with E-state index in [0.29, 0.717) is 23.5 Å².